The summed E-state index contributed by atoms with van der Waals surface area (Å²) in [4.78, 5) is 25.1. The largest absolute Gasteiger partial charge is 0.367 e. The van der Waals surface area contributed by atoms with Crippen LogP contribution in [-0.4, -0.2) is 25.6 Å². The normalized spacial score (nSPS) is 13.2. The Hall–Kier alpha value is -2.67. The molecule has 0 fully saturated rings. The van der Waals surface area contributed by atoms with Gasteiger partial charge in [-0.3, -0.25) is 4.79 Å². The lowest BCUT2D eigenvalue weighted by Crippen LogP contribution is -2.31. The Morgan fingerprint density at radius 2 is 2.00 bits per heavy atom. The van der Waals surface area contributed by atoms with Crippen LogP contribution in [0.5, 0.6) is 0 Å². The highest BCUT2D eigenvalue weighted by Crippen LogP contribution is 2.35. The van der Waals surface area contributed by atoms with E-state index in [0.29, 0.717) is 10.9 Å². The van der Waals surface area contributed by atoms with Gasteiger partial charge in [-0.15, -0.1) is 0 Å². The fourth-order valence-corrected chi connectivity index (χ4v) is 3.68. The summed E-state index contributed by atoms with van der Waals surface area (Å²) in [5.41, 5.74) is 1.32. The number of hydrogen-bond acceptors (Lipinski definition) is 4. The zero-order chi connectivity index (χ0) is 20.9. The predicted octanol–water partition coefficient (Wildman–Crippen LogP) is 5.09. The van der Waals surface area contributed by atoms with Crippen LogP contribution < -0.4 is 10.9 Å². The van der Waals surface area contributed by atoms with Crippen molar-refractivity contribution in [3.63, 3.8) is 0 Å². The van der Waals surface area contributed by atoms with Gasteiger partial charge in [0.25, 0.3) is 5.56 Å². The Morgan fingerprint density at radius 3 is 2.66 bits per heavy atom. The fraction of sp³-hybridized carbons (Fsp3) is 0.318. The van der Waals surface area contributed by atoms with Crippen LogP contribution in [-0.2, 0) is 7.05 Å². The van der Waals surface area contributed by atoms with Crippen molar-refractivity contribution in [1.82, 2.24) is 19.5 Å². The van der Waals surface area contributed by atoms with E-state index in [1.54, 1.807) is 12.4 Å². The summed E-state index contributed by atoms with van der Waals surface area (Å²) < 4.78 is 2.83. The molecule has 150 valence electrons. The number of nitrogens with one attached hydrogen (secondary N) is 2. The Kier molecular flexibility index (Phi) is 4.73. The summed E-state index contributed by atoms with van der Waals surface area (Å²) in [5.74, 6) is 1.52. The summed E-state index contributed by atoms with van der Waals surface area (Å²) in [6.07, 6.45) is 5.32. The van der Waals surface area contributed by atoms with Crippen molar-refractivity contribution in [2.75, 3.05) is 5.32 Å². The third kappa shape index (κ3) is 3.44. The molecule has 0 aliphatic heterocycles. The third-order valence-electron chi connectivity index (χ3n) is 5.51. The molecule has 1 unspecified atom stereocenters. The number of aromatic amines is 1. The average Bonchev–Trinajstić information content (AvgIpc) is 3.06. The average molecular weight is 454 g/mol. The molecule has 29 heavy (non-hydrogen) atoms. The molecular weight excluding hydrogens is 430 g/mol. The first-order chi connectivity index (χ1) is 13.7. The minimum absolute atomic E-state index is 0.0506. The number of nitrogens with zero attached hydrogens (tertiary/aromatic N) is 3. The number of imidazole rings is 1. The molecule has 0 bridgehead atoms. The zero-order valence-corrected chi connectivity index (χ0v) is 18.8. The van der Waals surface area contributed by atoms with E-state index in [1.807, 2.05) is 36.0 Å². The summed E-state index contributed by atoms with van der Waals surface area (Å²) in [6, 6.07) is 6.12. The topological polar surface area (TPSA) is 75.6 Å². The number of anilines is 1. The summed E-state index contributed by atoms with van der Waals surface area (Å²) in [7, 11) is 1.93. The standard InChI is InChI=1S/C22H24BrN5O/c1-12(22(2,3)4)26-19-14-7-6-13(23)10-15(14)17-18(27-19)16(11-25-21(17)29)20-24-8-9-28(20)5/h6-12H,1-5H3,(H,25,29)(H,26,27). The van der Waals surface area contributed by atoms with Crippen LogP contribution in [0, 0.1) is 5.41 Å². The molecule has 4 aromatic rings. The summed E-state index contributed by atoms with van der Waals surface area (Å²) in [6.45, 7) is 8.71. The SMILES string of the molecule is CC(Nc1nc2c(-c3nccn3C)c[nH]c(=O)c2c2cc(Br)ccc12)C(C)(C)C. The predicted molar refractivity (Wildman–Crippen MR) is 122 cm³/mol. The lowest BCUT2D eigenvalue weighted by molar-refractivity contribution is 0.359. The second-order valence-electron chi connectivity index (χ2n) is 8.50. The highest BCUT2D eigenvalue weighted by atomic mass is 79.9. The molecule has 1 atom stereocenters. The van der Waals surface area contributed by atoms with Crippen molar-refractivity contribution in [2.45, 2.75) is 33.7 Å². The van der Waals surface area contributed by atoms with Crippen molar-refractivity contribution >= 4 is 43.4 Å². The Balaban J connectivity index is 2.10. The van der Waals surface area contributed by atoms with Gasteiger partial charge < -0.3 is 14.9 Å². The van der Waals surface area contributed by atoms with E-state index >= 15 is 0 Å². The molecule has 7 heteroatoms. The van der Waals surface area contributed by atoms with E-state index in [2.05, 4.69) is 58.9 Å². The first-order valence-electron chi connectivity index (χ1n) is 9.55. The number of H-pyrrole nitrogens is 1. The molecule has 0 spiro atoms. The van der Waals surface area contributed by atoms with Crippen LogP contribution in [0.3, 0.4) is 0 Å². The molecule has 3 aromatic heterocycles. The van der Waals surface area contributed by atoms with E-state index in [0.717, 1.165) is 32.5 Å². The smallest absolute Gasteiger partial charge is 0.258 e. The number of pyridine rings is 2. The number of halogens is 1. The molecule has 2 N–H and O–H groups in total. The van der Waals surface area contributed by atoms with Crippen LogP contribution in [0.2, 0.25) is 0 Å². The van der Waals surface area contributed by atoms with Gasteiger partial charge in [-0.1, -0.05) is 36.7 Å². The van der Waals surface area contributed by atoms with Gasteiger partial charge in [-0.05, 0) is 30.5 Å². The summed E-state index contributed by atoms with van der Waals surface area (Å²) in [5, 5.41) is 5.91. The number of hydrogen-bond donors (Lipinski definition) is 2. The highest BCUT2D eigenvalue weighted by Gasteiger charge is 2.23. The van der Waals surface area contributed by atoms with Crippen LogP contribution in [0.1, 0.15) is 27.7 Å². The van der Waals surface area contributed by atoms with Crippen molar-refractivity contribution in [3.05, 3.63) is 51.6 Å². The molecule has 4 rings (SSSR count). The maximum atomic E-state index is 12.8. The van der Waals surface area contributed by atoms with Crippen molar-refractivity contribution in [3.8, 4) is 11.4 Å². The van der Waals surface area contributed by atoms with Crippen molar-refractivity contribution < 1.29 is 0 Å². The van der Waals surface area contributed by atoms with E-state index in [-0.39, 0.29) is 17.0 Å². The molecule has 3 heterocycles. The van der Waals surface area contributed by atoms with Gasteiger partial charge in [0.2, 0.25) is 0 Å². The number of rotatable bonds is 3. The molecule has 0 amide bonds. The monoisotopic (exact) mass is 453 g/mol. The van der Waals surface area contributed by atoms with Gasteiger partial charge in [0.05, 0.1) is 16.5 Å². The van der Waals surface area contributed by atoms with Gasteiger partial charge >= 0.3 is 0 Å². The zero-order valence-electron chi connectivity index (χ0n) is 17.2. The molecule has 0 aliphatic rings. The highest BCUT2D eigenvalue weighted by molar-refractivity contribution is 9.10. The lowest BCUT2D eigenvalue weighted by Gasteiger charge is -2.29. The lowest BCUT2D eigenvalue weighted by atomic mass is 9.88. The van der Waals surface area contributed by atoms with Gasteiger partial charge in [-0.2, -0.15) is 0 Å². The molecule has 0 radical (unpaired) electrons. The maximum absolute atomic E-state index is 12.8. The molecule has 0 aliphatic carbocycles. The van der Waals surface area contributed by atoms with E-state index in [9.17, 15) is 4.79 Å². The second kappa shape index (κ2) is 6.99. The van der Waals surface area contributed by atoms with Crippen molar-refractivity contribution in [2.24, 2.45) is 12.5 Å². The van der Waals surface area contributed by atoms with Gasteiger partial charge in [0, 0.05) is 46.9 Å². The van der Waals surface area contributed by atoms with E-state index < -0.39 is 0 Å². The van der Waals surface area contributed by atoms with Crippen LogP contribution in [0.25, 0.3) is 33.1 Å². The van der Waals surface area contributed by atoms with Crippen molar-refractivity contribution in [1.29, 1.82) is 0 Å². The Labute approximate surface area is 177 Å². The Bertz CT molecular complexity index is 1280. The van der Waals surface area contributed by atoms with E-state index in [4.69, 9.17) is 4.98 Å². The van der Waals surface area contributed by atoms with E-state index in [1.165, 1.54) is 0 Å². The summed E-state index contributed by atoms with van der Waals surface area (Å²) >= 11 is 3.55. The number of benzene rings is 1. The fourth-order valence-electron chi connectivity index (χ4n) is 3.32. The first-order valence-corrected chi connectivity index (χ1v) is 10.3. The van der Waals surface area contributed by atoms with Gasteiger partial charge in [0.1, 0.15) is 11.6 Å². The number of aryl methyl sites for hydroxylation is 1. The second-order valence-corrected chi connectivity index (χ2v) is 9.41. The number of fused-ring (bicyclic) bond motifs is 3. The molecular formula is C22H24BrN5O. The van der Waals surface area contributed by atoms with Crippen LogP contribution >= 0.6 is 15.9 Å². The molecule has 1 aromatic carbocycles. The minimum Gasteiger partial charge on any atom is -0.367 e. The third-order valence-corrected chi connectivity index (χ3v) is 6.00. The molecule has 0 saturated heterocycles. The van der Waals surface area contributed by atoms with Gasteiger partial charge in [0.15, 0.2) is 0 Å². The Morgan fingerprint density at radius 1 is 1.24 bits per heavy atom. The number of aromatic nitrogens is 4. The maximum Gasteiger partial charge on any atom is 0.258 e. The van der Waals surface area contributed by atoms with Gasteiger partial charge in [-0.25, -0.2) is 9.97 Å². The minimum atomic E-state index is -0.163. The quantitative estimate of drug-likeness (QED) is 0.423. The first kappa shape index (κ1) is 19.6. The molecule has 0 saturated carbocycles. The molecule has 6 nitrogen and oxygen atoms in total. The van der Waals surface area contributed by atoms with Crippen LogP contribution in [0.15, 0.2) is 46.1 Å². The van der Waals surface area contributed by atoms with Crippen LogP contribution in [0.4, 0.5) is 5.82 Å².